The van der Waals surface area contributed by atoms with Crippen LogP contribution in [0.4, 0.5) is 0 Å². The average Bonchev–Trinajstić information content (AvgIpc) is 3.71. The van der Waals surface area contributed by atoms with E-state index >= 15 is 0 Å². The number of nitrogens with zero attached hydrogens (tertiary/aromatic N) is 4. The lowest BCUT2D eigenvalue weighted by atomic mass is 10.1. The van der Waals surface area contributed by atoms with Gasteiger partial charge in [-0.2, -0.15) is 0 Å². The van der Waals surface area contributed by atoms with Crippen LogP contribution in [0.1, 0.15) is 0 Å². The number of benzene rings is 7. The first-order valence-electron chi connectivity index (χ1n) is 16.9. The fraction of sp³-hybridized carbons (Fsp3) is 0. The second kappa shape index (κ2) is 11.4. The molecule has 0 aliphatic heterocycles. The Morgan fingerprint density at radius 2 is 0.640 bits per heavy atom. The molecule has 10 aromatic rings. The van der Waals surface area contributed by atoms with Gasteiger partial charge in [0.05, 0.1) is 33.5 Å². The lowest BCUT2D eigenvalue weighted by Gasteiger charge is -2.12. The van der Waals surface area contributed by atoms with Gasteiger partial charge in [-0.25, -0.2) is 9.97 Å². The Morgan fingerprint density at radius 1 is 0.300 bits per heavy atom. The van der Waals surface area contributed by atoms with Gasteiger partial charge in [0.2, 0.25) is 0 Å². The summed E-state index contributed by atoms with van der Waals surface area (Å²) in [5.74, 6) is 0.696. The molecule has 0 aliphatic rings. The molecule has 3 heterocycles. The highest BCUT2D eigenvalue weighted by Crippen LogP contribution is 2.35. The van der Waals surface area contributed by atoms with E-state index in [9.17, 15) is 0 Å². The summed E-state index contributed by atoms with van der Waals surface area (Å²) in [6.45, 7) is 0. The third-order valence-corrected chi connectivity index (χ3v) is 9.76. The lowest BCUT2D eigenvalue weighted by Crippen LogP contribution is -1.98. The normalized spacial score (nSPS) is 11.6. The number of hydrogen-bond donors (Lipinski definition) is 0. The van der Waals surface area contributed by atoms with E-state index in [1.54, 1.807) is 0 Å². The zero-order valence-electron chi connectivity index (χ0n) is 27.1. The Kier molecular flexibility index (Phi) is 6.46. The standard InChI is InChI=1S/C46H30N4/c1-2-12-31(13-3-1)40-30-41(32-22-26-34(27-23-32)49-42-18-8-4-14-36(42)37-15-5-9-19-43(37)49)48-46(47-40)33-24-28-35(29-25-33)50-44-20-10-6-16-38(44)39-17-7-11-21-45(39)50/h1-30H. The van der Waals surface area contributed by atoms with Gasteiger partial charge >= 0.3 is 0 Å². The fourth-order valence-electron chi connectivity index (χ4n) is 7.42. The largest absolute Gasteiger partial charge is 0.309 e. The van der Waals surface area contributed by atoms with E-state index in [1.165, 1.54) is 43.6 Å². The van der Waals surface area contributed by atoms with Gasteiger partial charge in [-0.1, -0.05) is 115 Å². The number of hydrogen-bond acceptors (Lipinski definition) is 2. The van der Waals surface area contributed by atoms with Gasteiger partial charge in [0.1, 0.15) is 0 Å². The third kappa shape index (κ3) is 4.54. The minimum atomic E-state index is 0.696. The Labute approximate surface area is 289 Å². The molecule has 0 spiro atoms. The summed E-state index contributed by atoms with van der Waals surface area (Å²) < 4.78 is 4.67. The molecular formula is C46H30N4. The first kappa shape index (κ1) is 28.3. The monoisotopic (exact) mass is 638 g/mol. The number of aromatic nitrogens is 4. The van der Waals surface area contributed by atoms with Crippen molar-refractivity contribution >= 4 is 43.6 Å². The molecule has 10 rings (SSSR count). The predicted molar refractivity (Wildman–Crippen MR) is 207 cm³/mol. The molecule has 0 aliphatic carbocycles. The Balaban J connectivity index is 1.07. The number of para-hydroxylation sites is 4. The van der Waals surface area contributed by atoms with Crippen LogP contribution < -0.4 is 0 Å². The Hall–Kier alpha value is -6.78. The summed E-state index contributed by atoms with van der Waals surface area (Å²) in [4.78, 5) is 10.3. The van der Waals surface area contributed by atoms with Gasteiger partial charge < -0.3 is 9.13 Å². The quantitative estimate of drug-likeness (QED) is 0.188. The lowest BCUT2D eigenvalue weighted by molar-refractivity contribution is 1.16. The number of fused-ring (bicyclic) bond motifs is 6. The van der Waals surface area contributed by atoms with Crippen LogP contribution in [0.5, 0.6) is 0 Å². The zero-order valence-corrected chi connectivity index (χ0v) is 27.1. The molecule has 0 saturated carbocycles. The van der Waals surface area contributed by atoms with Gasteiger partial charge in [-0.15, -0.1) is 0 Å². The van der Waals surface area contributed by atoms with Crippen LogP contribution >= 0.6 is 0 Å². The average molecular weight is 639 g/mol. The SMILES string of the molecule is c1ccc(-c2cc(-c3ccc(-n4c5ccccc5c5ccccc54)cc3)nc(-c3ccc(-n4c5ccccc5c5ccccc54)cc3)n2)cc1. The predicted octanol–water partition coefficient (Wildman–Crippen LogP) is 11.7. The maximum absolute atomic E-state index is 5.16. The highest BCUT2D eigenvalue weighted by atomic mass is 15.0. The summed E-state index contributed by atoms with van der Waals surface area (Å²) in [6, 6.07) is 64.2. The van der Waals surface area contributed by atoms with Crippen molar-refractivity contribution in [3.63, 3.8) is 0 Å². The molecule has 0 N–H and O–H groups in total. The van der Waals surface area contributed by atoms with E-state index in [4.69, 9.17) is 9.97 Å². The summed E-state index contributed by atoms with van der Waals surface area (Å²) in [6.07, 6.45) is 0. The van der Waals surface area contributed by atoms with E-state index in [0.717, 1.165) is 39.5 Å². The minimum absolute atomic E-state index is 0.696. The van der Waals surface area contributed by atoms with Gasteiger partial charge in [0, 0.05) is 49.6 Å². The van der Waals surface area contributed by atoms with Crippen molar-refractivity contribution in [1.29, 1.82) is 0 Å². The molecule has 4 heteroatoms. The van der Waals surface area contributed by atoms with Crippen molar-refractivity contribution in [2.24, 2.45) is 0 Å². The fourth-order valence-corrected chi connectivity index (χ4v) is 7.42. The first-order chi connectivity index (χ1) is 24.8. The van der Waals surface area contributed by atoms with Crippen LogP contribution in [0.25, 0.3) is 88.9 Å². The smallest absolute Gasteiger partial charge is 0.160 e. The highest BCUT2D eigenvalue weighted by molar-refractivity contribution is 6.10. The maximum Gasteiger partial charge on any atom is 0.160 e. The molecule has 3 aromatic heterocycles. The van der Waals surface area contributed by atoms with Crippen LogP contribution in [0, 0.1) is 0 Å². The van der Waals surface area contributed by atoms with Crippen molar-refractivity contribution in [2.75, 3.05) is 0 Å². The summed E-state index contributed by atoms with van der Waals surface area (Å²) in [5, 5.41) is 5.01. The molecule has 0 atom stereocenters. The molecule has 0 fully saturated rings. The third-order valence-electron chi connectivity index (χ3n) is 9.76. The first-order valence-corrected chi connectivity index (χ1v) is 16.9. The molecule has 7 aromatic carbocycles. The van der Waals surface area contributed by atoms with Crippen molar-refractivity contribution in [3.8, 4) is 45.3 Å². The van der Waals surface area contributed by atoms with E-state index in [0.29, 0.717) is 5.82 Å². The minimum Gasteiger partial charge on any atom is -0.309 e. The molecule has 0 unspecified atom stereocenters. The maximum atomic E-state index is 5.16. The van der Waals surface area contributed by atoms with Gasteiger partial charge in [-0.3, -0.25) is 0 Å². The second-order valence-corrected chi connectivity index (χ2v) is 12.7. The molecule has 0 bridgehead atoms. The molecule has 0 saturated heterocycles. The molecule has 0 amide bonds. The zero-order chi connectivity index (χ0) is 33.0. The Bertz CT molecular complexity index is 2560. The van der Waals surface area contributed by atoms with E-state index in [2.05, 4.69) is 185 Å². The molecule has 50 heavy (non-hydrogen) atoms. The van der Waals surface area contributed by atoms with Crippen molar-refractivity contribution in [3.05, 3.63) is 182 Å². The molecule has 234 valence electrons. The van der Waals surface area contributed by atoms with E-state index in [-0.39, 0.29) is 0 Å². The van der Waals surface area contributed by atoms with Gasteiger partial charge in [-0.05, 0) is 66.7 Å². The van der Waals surface area contributed by atoms with Crippen LogP contribution in [0.15, 0.2) is 182 Å². The molecule has 0 radical (unpaired) electrons. The van der Waals surface area contributed by atoms with E-state index in [1.807, 2.05) is 6.07 Å². The van der Waals surface area contributed by atoms with Crippen molar-refractivity contribution < 1.29 is 0 Å². The van der Waals surface area contributed by atoms with Crippen LogP contribution in [-0.4, -0.2) is 19.1 Å². The summed E-state index contributed by atoms with van der Waals surface area (Å²) in [7, 11) is 0. The topological polar surface area (TPSA) is 35.6 Å². The van der Waals surface area contributed by atoms with Crippen LogP contribution in [-0.2, 0) is 0 Å². The molecular weight excluding hydrogens is 609 g/mol. The van der Waals surface area contributed by atoms with Gasteiger partial charge in [0.15, 0.2) is 5.82 Å². The van der Waals surface area contributed by atoms with Crippen LogP contribution in [0.3, 0.4) is 0 Å². The second-order valence-electron chi connectivity index (χ2n) is 12.7. The van der Waals surface area contributed by atoms with Gasteiger partial charge in [0.25, 0.3) is 0 Å². The van der Waals surface area contributed by atoms with E-state index < -0.39 is 0 Å². The van der Waals surface area contributed by atoms with Crippen molar-refractivity contribution in [2.45, 2.75) is 0 Å². The number of rotatable bonds is 5. The highest BCUT2D eigenvalue weighted by Gasteiger charge is 2.15. The summed E-state index contributed by atoms with van der Waals surface area (Å²) >= 11 is 0. The Morgan fingerprint density at radius 3 is 1.06 bits per heavy atom. The molecule has 4 nitrogen and oxygen atoms in total. The van der Waals surface area contributed by atoms with Crippen LogP contribution in [0.2, 0.25) is 0 Å². The van der Waals surface area contributed by atoms with Crippen molar-refractivity contribution in [1.82, 2.24) is 19.1 Å². The summed E-state index contributed by atoms with van der Waals surface area (Å²) in [5.41, 5.74) is 11.8.